The van der Waals surface area contributed by atoms with E-state index in [4.69, 9.17) is 4.74 Å². The van der Waals surface area contributed by atoms with Crippen LogP contribution in [0.15, 0.2) is 34.6 Å². The molecule has 1 aromatic heterocycles. The number of nitrogens with one attached hydrogen (secondary N) is 2. The smallest absolute Gasteiger partial charge is 0.191 e. The molecule has 1 unspecified atom stereocenters. The second-order valence-corrected chi connectivity index (χ2v) is 8.37. The maximum absolute atomic E-state index is 5.35. The lowest BCUT2D eigenvalue weighted by atomic mass is 10.1. The molecule has 160 valence electrons. The van der Waals surface area contributed by atoms with Gasteiger partial charge in [-0.15, -0.1) is 35.3 Å². The first-order valence-electron chi connectivity index (χ1n) is 9.87. The van der Waals surface area contributed by atoms with E-state index in [-0.39, 0.29) is 24.0 Å². The highest BCUT2D eigenvalue weighted by Crippen LogP contribution is 2.26. The summed E-state index contributed by atoms with van der Waals surface area (Å²) in [6.07, 6.45) is 1.17. The molecule has 1 fully saturated rings. The summed E-state index contributed by atoms with van der Waals surface area (Å²) in [6.45, 7) is 8.07. The van der Waals surface area contributed by atoms with E-state index in [9.17, 15) is 0 Å². The lowest BCUT2D eigenvalue weighted by Gasteiger charge is -2.20. The number of aromatic nitrogens is 1. The topological polar surface area (TPSA) is 61.8 Å². The van der Waals surface area contributed by atoms with E-state index < -0.39 is 0 Å². The predicted octanol–water partition coefficient (Wildman–Crippen LogP) is 4.08. The van der Waals surface area contributed by atoms with Crippen LogP contribution in [0.4, 0.5) is 5.69 Å². The van der Waals surface area contributed by atoms with Gasteiger partial charge in [0, 0.05) is 43.8 Å². The molecule has 29 heavy (non-hydrogen) atoms. The van der Waals surface area contributed by atoms with Gasteiger partial charge in [0.1, 0.15) is 10.8 Å². The molecule has 1 atom stereocenters. The third kappa shape index (κ3) is 6.74. The molecule has 0 saturated carbocycles. The molecule has 0 aliphatic carbocycles. The lowest BCUT2D eigenvalue weighted by Crippen LogP contribution is -2.39. The van der Waals surface area contributed by atoms with E-state index in [1.54, 1.807) is 18.4 Å². The summed E-state index contributed by atoms with van der Waals surface area (Å²) in [5.74, 6) is 2.81. The zero-order chi connectivity index (χ0) is 19.9. The van der Waals surface area contributed by atoms with Gasteiger partial charge in [-0.3, -0.25) is 4.99 Å². The van der Waals surface area contributed by atoms with Crippen molar-refractivity contribution in [3.8, 4) is 5.75 Å². The van der Waals surface area contributed by atoms with Crippen LogP contribution in [0.25, 0.3) is 0 Å². The number of hydrogen-bond acceptors (Lipinski definition) is 5. The van der Waals surface area contributed by atoms with Crippen LogP contribution in [0.2, 0.25) is 0 Å². The van der Waals surface area contributed by atoms with Crippen LogP contribution in [0, 0.1) is 5.92 Å². The maximum Gasteiger partial charge on any atom is 0.191 e. The Kier molecular flexibility index (Phi) is 9.48. The average molecular weight is 529 g/mol. The van der Waals surface area contributed by atoms with Gasteiger partial charge in [-0.25, -0.2) is 4.98 Å². The Balaban J connectivity index is 0.00000300. The van der Waals surface area contributed by atoms with Crippen LogP contribution in [0.1, 0.15) is 36.9 Å². The van der Waals surface area contributed by atoms with Crippen molar-refractivity contribution in [2.45, 2.75) is 32.7 Å². The van der Waals surface area contributed by atoms with Crippen LogP contribution >= 0.6 is 35.3 Å². The summed E-state index contributed by atoms with van der Waals surface area (Å²) in [7, 11) is 3.53. The number of halogens is 1. The molecule has 8 heteroatoms. The van der Waals surface area contributed by atoms with Gasteiger partial charge in [-0.1, -0.05) is 19.9 Å². The van der Waals surface area contributed by atoms with Crippen molar-refractivity contribution >= 4 is 47.0 Å². The Morgan fingerprint density at radius 2 is 2.21 bits per heavy atom. The zero-order valence-electron chi connectivity index (χ0n) is 17.6. The van der Waals surface area contributed by atoms with E-state index in [2.05, 4.69) is 62.9 Å². The molecule has 0 amide bonds. The van der Waals surface area contributed by atoms with Crippen molar-refractivity contribution in [2.24, 2.45) is 10.9 Å². The van der Waals surface area contributed by atoms with Crippen molar-refractivity contribution in [3.05, 3.63) is 40.3 Å². The van der Waals surface area contributed by atoms with Gasteiger partial charge in [0.25, 0.3) is 0 Å². The molecule has 0 spiro atoms. The predicted molar refractivity (Wildman–Crippen MR) is 133 cm³/mol. The number of benzene rings is 1. The summed E-state index contributed by atoms with van der Waals surface area (Å²) in [5, 5.41) is 10.1. The van der Waals surface area contributed by atoms with Crippen LogP contribution < -0.4 is 20.3 Å². The number of guanidine groups is 1. The Hall–Kier alpha value is -1.55. The fourth-order valence-electron chi connectivity index (χ4n) is 3.33. The van der Waals surface area contributed by atoms with Crippen molar-refractivity contribution in [3.63, 3.8) is 0 Å². The first kappa shape index (κ1) is 23.7. The van der Waals surface area contributed by atoms with Crippen molar-refractivity contribution in [2.75, 3.05) is 38.7 Å². The number of aliphatic imine (C=N–C) groups is 1. The molecule has 2 N–H and O–H groups in total. The van der Waals surface area contributed by atoms with Gasteiger partial charge in [-0.05, 0) is 30.4 Å². The maximum atomic E-state index is 5.35. The summed E-state index contributed by atoms with van der Waals surface area (Å²) in [5.41, 5.74) is 2.39. The Morgan fingerprint density at radius 1 is 1.38 bits per heavy atom. The quantitative estimate of drug-likeness (QED) is 0.322. The van der Waals surface area contributed by atoms with Crippen LogP contribution in [-0.4, -0.2) is 44.7 Å². The summed E-state index contributed by atoms with van der Waals surface area (Å²) in [6, 6.07) is 8.30. The van der Waals surface area contributed by atoms with E-state index in [1.165, 1.54) is 12.1 Å². The van der Waals surface area contributed by atoms with Gasteiger partial charge >= 0.3 is 0 Å². The van der Waals surface area contributed by atoms with Gasteiger partial charge < -0.3 is 20.3 Å². The fraction of sp³-hybridized carbons (Fsp3) is 0.524. The minimum atomic E-state index is 0. The molecule has 3 rings (SSSR count). The second kappa shape index (κ2) is 11.6. The Labute approximate surface area is 195 Å². The third-order valence-corrected chi connectivity index (χ3v) is 5.92. The molecule has 1 saturated heterocycles. The Morgan fingerprint density at radius 3 is 2.90 bits per heavy atom. The summed E-state index contributed by atoms with van der Waals surface area (Å²) >= 11 is 1.70. The number of rotatable bonds is 7. The number of nitrogens with zero attached hydrogens (tertiary/aromatic N) is 3. The molecule has 2 aromatic rings. The first-order valence-corrected chi connectivity index (χ1v) is 10.7. The van der Waals surface area contributed by atoms with Gasteiger partial charge in [0.05, 0.1) is 19.3 Å². The van der Waals surface area contributed by atoms with Crippen LogP contribution in [-0.2, 0) is 6.54 Å². The largest absolute Gasteiger partial charge is 0.497 e. The highest BCUT2D eigenvalue weighted by molar-refractivity contribution is 14.0. The molecule has 1 aromatic carbocycles. The van der Waals surface area contributed by atoms with Crippen molar-refractivity contribution < 1.29 is 4.74 Å². The van der Waals surface area contributed by atoms with E-state index in [0.29, 0.717) is 18.4 Å². The number of thiazole rings is 1. The van der Waals surface area contributed by atoms with Crippen LogP contribution in [0.3, 0.4) is 0 Å². The standard InChI is InChI=1S/C21H31N5OS.HI/c1-15(2)19-14-28-20(25-19)12-24-21(22-3)23-11-16-8-9-26(13-16)17-6-5-7-18(10-17)27-4;/h5-7,10,14-16H,8-9,11-13H2,1-4H3,(H2,22,23,24);1H. The Bertz CT molecular complexity index is 795. The summed E-state index contributed by atoms with van der Waals surface area (Å²) in [4.78, 5) is 11.4. The third-order valence-electron chi connectivity index (χ3n) is 5.05. The molecule has 1 aliphatic heterocycles. The number of methoxy groups -OCH3 is 1. The molecule has 6 nitrogen and oxygen atoms in total. The molecular weight excluding hydrogens is 497 g/mol. The first-order chi connectivity index (χ1) is 13.6. The minimum absolute atomic E-state index is 0. The average Bonchev–Trinajstić information content (AvgIpc) is 3.38. The molecule has 1 aliphatic rings. The van der Waals surface area contributed by atoms with E-state index in [0.717, 1.165) is 42.0 Å². The molecule has 0 radical (unpaired) electrons. The fourth-order valence-corrected chi connectivity index (χ4v) is 4.23. The minimum Gasteiger partial charge on any atom is -0.497 e. The van der Waals surface area contributed by atoms with Crippen molar-refractivity contribution in [1.29, 1.82) is 0 Å². The van der Waals surface area contributed by atoms with E-state index >= 15 is 0 Å². The van der Waals surface area contributed by atoms with Gasteiger partial charge in [0.15, 0.2) is 5.96 Å². The molecule has 0 bridgehead atoms. The number of ether oxygens (including phenoxy) is 1. The van der Waals surface area contributed by atoms with Gasteiger partial charge in [0.2, 0.25) is 0 Å². The van der Waals surface area contributed by atoms with Crippen molar-refractivity contribution in [1.82, 2.24) is 15.6 Å². The highest BCUT2D eigenvalue weighted by atomic mass is 127. The summed E-state index contributed by atoms with van der Waals surface area (Å²) < 4.78 is 5.35. The monoisotopic (exact) mass is 529 g/mol. The highest BCUT2D eigenvalue weighted by Gasteiger charge is 2.23. The number of hydrogen-bond donors (Lipinski definition) is 2. The normalized spacial score (nSPS) is 16.7. The van der Waals surface area contributed by atoms with E-state index in [1.807, 2.05) is 13.1 Å². The van der Waals surface area contributed by atoms with Crippen LogP contribution in [0.5, 0.6) is 5.75 Å². The molecule has 2 heterocycles. The lowest BCUT2D eigenvalue weighted by molar-refractivity contribution is 0.415. The second-order valence-electron chi connectivity index (χ2n) is 7.43. The SMILES string of the molecule is CN=C(NCc1nc(C(C)C)cs1)NCC1CCN(c2cccc(OC)c2)C1.I. The van der Waals surface area contributed by atoms with Gasteiger partial charge in [-0.2, -0.15) is 0 Å². The molecular formula is C21H32IN5OS. The number of anilines is 1. The zero-order valence-corrected chi connectivity index (χ0v) is 20.8.